The molecule has 0 saturated carbocycles. The molecule has 2 heterocycles. The van der Waals surface area contributed by atoms with Gasteiger partial charge in [0.2, 0.25) is 5.91 Å². The fourth-order valence-electron chi connectivity index (χ4n) is 3.15. The molecule has 0 fully saturated rings. The predicted molar refractivity (Wildman–Crippen MR) is 116 cm³/mol. The number of carbonyl (C=O) groups is 1. The Labute approximate surface area is 182 Å². The number of aromatic nitrogens is 4. The van der Waals surface area contributed by atoms with Crippen LogP contribution >= 0.6 is 36.2 Å². The van der Waals surface area contributed by atoms with E-state index in [1.807, 2.05) is 20.8 Å². The number of carbonyl (C=O) groups excluding carboxylic acids is 1. The van der Waals surface area contributed by atoms with Crippen LogP contribution in [0.4, 0.5) is 0 Å². The van der Waals surface area contributed by atoms with Crippen molar-refractivity contribution < 1.29 is 4.79 Å². The third-order valence-corrected chi connectivity index (χ3v) is 5.88. The van der Waals surface area contributed by atoms with E-state index in [4.69, 9.17) is 10.7 Å². The van der Waals surface area contributed by atoms with Crippen LogP contribution in [0, 0.1) is 12.8 Å². The molecule has 3 N–H and O–H groups in total. The Morgan fingerprint density at radius 1 is 1.25 bits per heavy atom. The minimum Gasteiger partial charge on any atom is -0.354 e. The van der Waals surface area contributed by atoms with Crippen molar-refractivity contribution in [1.29, 1.82) is 0 Å². The lowest BCUT2D eigenvalue weighted by Crippen LogP contribution is -2.32. The van der Waals surface area contributed by atoms with E-state index in [1.54, 1.807) is 16.0 Å². The number of hydrogen-bond donors (Lipinski definition) is 2. The van der Waals surface area contributed by atoms with Gasteiger partial charge in [0.15, 0.2) is 0 Å². The van der Waals surface area contributed by atoms with Crippen LogP contribution in [-0.2, 0) is 30.6 Å². The highest BCUT2D eigenvalue weighted by Gasteiger charge is 2.20. The molecule has 1 atom stereocenters. The summed E-state index contributed by atoms with van der Waals surface area (Å²) in [6, 6.07) is -0.231. The Balaban J connectivity index is 0.00000196. The van der Waals surface area contributed by atoms with Gasteiger partial charge >= 0.3 is 0 Å². The highest BCUT2D eigenvalue weighted by atomic mass is 35.5. The summed E-state index contributed by atoms with van der Waals surface area (Å²) < 4.78 is 1.62. The predicted octanol–water partition coefficient (Wildman–Crippen LogP) is 2.78. The van der Waals surface area contributed by atoms with E-state index in [0.29, 0.717) is 18.2 Å². The molecular formula is C18H30Cl2N6OS. The van der Waals surface area contributed by atoms with Crippen LogP contribution in [0.1, 0.15) is 60.0 Å². The highest BCUT2D eigenvalue weighted by Crippen LogP contribution is 2.26. The van der Waals surface area contributed by atoms with E-state index in [2.05, 4.69) is 15.4 Å². The SMILES string of the molecule is Cc1nc([C@@H](N)C(C)C)n(CC(=O)NCCc2nc3c(s2)CCCC3)n1.Cl.Cl. The Bertz CT molecular complexity index is 753. The molecule has 0 aliphatic heterocycles. The summed E-state index contributed by atoms with van der Waals surface area (Å²) in [5.41, 5.74) is 7.46. The summed E-state index contributed by atoms with van der Waals surface area (Å²) in [5.74, 6) is 1.46. The summed E-state index contributed by atoms with van der Waals surface area (Å²) >= 11 is 1.80. The van der Waals surface area contributed by atoms with Crippen LogP contribution in [0.5, 0.6) is 0 Å². The molecule has 2 aromatic heterocycles. The molecule has 158 valence electrons. The van der Waals surface area contributed by atoms with Gasteiger partial charge in [0.05, 0.1) is 16.7 Å². The number of fused-ring (bicyclic) bond motifs is 1. The highest BCUT2D eigenvalue weighted by molar-refractivity contribution is 7.11. The molecule has 2 aromatic rings. The molecule has 28 heavy (non-hydrogen) atoms. The van der Waals surface area contributed by atoms with Crippen LogP contribution in [-0.4, -0.2) is 32.2 Å². The molecule has 0 saturated heterocycles. The summed E-state index contributed by atoms with van der Waals surface area (Å²) in [6.07, 6.45) is 5.54. The summed E-state index contributed by atoms with van der Waals surface area (Å²) in [4.78, 5) is 22.8. The van der Waals surface area contributed by atoms with Crippen molar-refractivity contribution in [2.45, 2.75) is 65.5 Å². The van der Waals surface area contributed by atoms with Crippen molar-refractivity contribution in [1.82, 2.24) is 25.1 Å². The van der Waals surface area contributed by atoms with Gasteiger partial charge in [-0.15, -0.1) is 36.2 Å². The maximum absolute atomic E-state index is 12.3. The van der Waals surface area contributed by atoms with E-state index in [-0.39, 0.29) is 49.2 Å². The van der Waals surface area contributed by atoms with Gasteiger partial charge in [-0.1, -0.05) is 13.8 Å². The standard InChI is InChI=1S/C18H28N6OS.2ClH/c1-11(2)17(19)18-21-12(3)23-24(18)10-15(25)20-9-8-16-22-13-6-4-5-7-14(13)26-16;;/h11,17H,4-10,19H2,1-3H3,(H,20,25);2*1H/t17-;;/m0../s1. The second-order valence-corrected chi connectivity index (χ2v) is 8.40. The zero-order chi connectivity index (χ0) is 18.7. The maximum atomic E-state index is 12.3. The van der Waals surface area contributed by atoms with Gasteiger partial charge in [-0.3, -0.25) is 4.79 Å². The lowest BCUT2D eigenvalue weighted by Gasteiger charge is -2.15. The monoisotopic (exact) mass is 448 g/mol. The van der Waals surface area contributed by atoms with Crippen LogP contribution in [0.2, 0.25) is 0 Å². The molecule has 0 unspecified atom stereocenters. The van der Waals surface area contributed by atoms with Crippen molar-refractivity contribution in [3.05, 3.63) is 27.2 Å². The van der Waals surface area contributed by atoms with Crippen molar-refractivity contribution in [3.63, 3.8) is 0 Å². The van der Waals surface area contributed by atoms with Crippen LogP contribution in [0.15, 0.2) is 0 Å². The molecular weight excluding hydrogens is 419 g/mol. The van der Waals surface area contributed by atoms with E-state index < -0.39 is 0 Å². The number of thiazole rings is 1. The minimum atomic E-state index is -0.231. The first-order valence-corrected chi connectivity index (χ1v) is 10.2. The zero-order valence-corrected chi connectivity index (χ0v) is 19.1. The Hall–Kier alpha value is -1.22. The first kappa shape index (κ1) is 24.8. The molecule has 1 amide bonds. The largest absolute Gasteiger partial charge is 0.354 e. The Morgan fingerprint density at radius 2 is 1.96 bits per heavy atom. The fraction of sp³-hybridized carbons (Fsp3) is 0.667. The van der Waals surface area contributed by atoms with E-state index in [0.717, 1.165) is 24.3 Å². The fourth-order valence-corrected chi connectivity index (χ4v) is 4.30. The average molecular weight is 449 g/mol. The third kappa shape index (κ3) is 6.14. The number of hydrogen-bond acceptors (Lipinski definition) is 6. The van der Waals surface area contributed by atoms with Gasteiger partial charge in [0, 0.05) is 17.8 Å². The zero-order valence-electron chi connectivity index (χ0n) is 16.6. The molecule has 0 spiro atoms. The Kier molecular flexibility index (Phi) is 9.83. The lowest BCUT2D eigenvalue weighted by atomic mass is 10.0. The maximum Gasteiger partial charge on any atom is 0.241 e. The number of rotatable bonds is 7. The molecule has 10 heteroatoms. The molecule has 1 aliphatic carbocycles. The van der Waals surface area contributed by atoms with Crippen LogP contribution < -0.4 is 11.1 Å². The number of nitrogens with two attached hydrogens (primary N) is 1. The molecule has 0 radical (unpaired) electrons. The van der Waals surface area contributed by atoms with Crippen molar-refractivity contribution >= 4 is 42.1 Å². The van der Waals surface area contributed by atoms with E-state index in [1.165, 1.54) is 23.4 Å². The number of aryl methyl sites for hydroxylation is 3. The van der Waals surface area contributed by atoms with Gasteiger partial charge in [0.1, 0.15) is 18.2 Å². The number of nitrogens with one attached hydrogen (secondary N) is 1. The normalized spacial score (nSPS) is 14.0. The Morgan fingerprint density at radius 3 is 2.64 bits per heavy atom. The van der Waals surface area contributed by atoms with Gasteiger partial charge in [0.25, 0.3) is 0 Å². The van der Waals surface area contributed by atoms with E-state index >= 15 is 0 Å². The first-order valence-electron chi connectivity index (χ1n) is 9.35. The van der Waals surface area contributed by atoms with Gasteiger partial charge in [-0.05, 0) is 38.5 Å². The quantitative estimate of drug-likeness (QED) is 0.677. The first-order chi connectivity index (χ1) is 12.4. The number of nitrogens with zero attached hydrogens (tertiary/aromatic N) is 4. The summed E-state index contributed by atoms with van der Waals surface area (Å²) in [5, 5.41) is 8.40. The topological polar surface area (TPSA) is 98.7 Å². The van der Waals surface area contributed by atoms with E-state index in [9.17, 15) is 4.79 Å². The summed E-state index contributed by atoms with van der Waals surface area (Å²) in [6.45, 7) is 6.62. The molecule has 1 aliphatic rings. The van der Waals surface area contributed by atoms with Crippen molar-refractivity contribution in [2.75, 3.05) is 6.54 Å². The van der Waals surface area contributed by atoms with Crippen LogP contribution in [0.25, 0.3) is 0 Å². The molecule has 7 nitrogen and oxygen atoms in total. The molecule has 0 aromatic carbocycles. The summed E-state index contributed by atoms with van der Waals surface area (Å²) in [7, 11) is 0. The molecule has 0 bridgehead atoms. The smallest absolute Gasteiger partial charge is 0.241 e. The van der Waals surface area contributed by atoms with Crippen LogP contribution in [0.3, 0.4) is 0 Å². The average Bonchev–Trinajstić information content (AvgIpc) is 3.16. The second-order valence-electron chi connectivity index (χ2n) is 7.23. The van der Waals surface area contributed by atoms with Gasteiger partial charge in [-0.2, -0.15) is 5.10 Å². The minimum absolute atomic E-state index is 0. The third-order valence-electron chi connectivity index (χ3n) is 4.67. The second kappa shape index (κ2) is 11.1. The van der Waals surface area contributed by atoms with Crippen molar-refractivity contribution in [2.24, 2.45) is 11.7 Å². The van der Waals surface area contributed by atoms with Gasteiger partial charge in [-0.25, -0.2) is 14.6 Å². The lowest BCUT2D eigenvalue weighted by molar-refractivity contribution is -0.121. The number of halogens is 2. The molecule has 3 rings (SSSR count). The van der Waals surface area contributed by atoms with Gasteiger partial charge < -0.3 is 11.1 Å². The van der Waals surface area contributed by atoms with Crippen molar-refractivity contribution in [3.8, 4) is 0 Å². The number of amides is 1.